The SMILES string of the molecule is Nc1cccc(N2CCN(c3cccc(N)c3N)CC2)c1N. The van der Waals surface area contributed by atoms with E-state index in [1.165, 1.54) is 0 Å². The second kappa shape index (κ2) is 5.55. The van der Waals surface area contributed by atoms with Crippen LogP contribution in [0.15, 0.2) is 36.4 Å². The van der Waals surface area contributed by atoms with E-state index in [-0.39, 0.29) is 0 Å². The van der Waals surface area contributed by atoms with Crippen molar-refractivity contribution in [2.24, 2.45) is 0 Å². The Kier molecular flexibility index (Phi) is 3.58. The third kappa shape index (κ3) is 2.43. The van der Waals surface area contributed by atoms with E-state index in [0.29, 0.717) is 22.7 Å². The van der Waals surface area contributed by atoms with Gasteiger partial charge in [0.2, 0.25) is 0 Å². The van der Waals surface area contributed by atoms with Crippen molar-refractivity contribution in [3.05, 3.63) is 36.4 Å². The van der Waals surface area contributed by atoms with E-state index in [4.69, 9.17) is 22.9 Å². The fourth-order valence-electron chi connectivity index (χ4n) is 2.88. The minimum Gasteiger partial charge on any atom is -0.397 e. The Morgan fingerprint density at radius 1 is 0.591 bits per heavy atom. The van der Waals surface area contributed by atoms with Crippen LogP contribution < -0.4 is 32.7 Å². The molecule has 6 nitrogen and oxygen atoms in total. The Hall–Kier alpha value is -2.76. The molecule has 22 heavy (non-hydrogen) atoms. The normalized spacial score (nSPS) is 15.1. The molecule has 0 unspecified atom stereocenters. The molecule has 0 spiro atoms. The summed E-state index contributed by atoms with van der Waals surface area (Å²) in [5, 5.41) is 0. The molecule has 0 aliphatic carbocycles. The number of anilines is 6. The zero-order valence-electron chi connectivity index (χ0n) is 12.5. The van der Waals surface area contributed by atoms with Crippen LogP contribution in [0.25, 0.3) is 0 Å². The standard InChI is InChI=1S/C16H22N6/c17-11-3-1-5-13(15(11)19)21-7-9-22(10-8-21)14-6-2-4-12(18)16(14)20/h1-6H,7-10,17-20H2. The van der Waals surface area contributed by atoms with Crippen LogP contribution in [-0.4, -0.2) is 26.2 Å². The number of nitrogens with zero attached hydrogens (tertiary/aromatic N) is 2. The van der Waals surface area contributed by atoms with Crippen LogP contribution in [-0.2, 0) is 0 Å². The minimum absolute atomic E-state index is 0.625. The van der Waals surface area contributed by atoms with Crippen molar-refractivity contribution < 1.29 is 0 Å². The van der Waals surface area contributed by atoms with Crippen LogP contribution >= 0.6 is 0 Å². The second-order valence-electron chi connectivity index (χ2n) is 5.53. The summed E-state index contributed by atoms with van der Waals surface area (Å²) in [4.78, 5) is 4.51. The van der Waals surface area contributed by atoms with E-state index in [0.717, 1.165) is 37.6 Å². The van der Waals surface area contributed by atoms with Gasteiger partial charge in [-0.3, -0.25) is 0 Å². The lowest BCUT2D eigenvalue weighted by molar-refractivity contribution is 0.655. The van der Waals surface area contributed by atoms with Gasteiger partial charge in [-0.1, -0.05) is 12.1 Å². The minimum atomic E-state index is 0.625. The van der Waals surface area contributed by atoms with Crippen molar-refractivity contribution in [1.29, 1.82) is 0 Å². The van der Waals surface area contributed by atoms with Gasteiger partial charge in [-0.25, -0.2) is 0 Å². The number of rotatable bonds is 2. The van der Waals surface area contributed by atoms with Gasteiger partial charge in [0, 0.05) is 26.2 Å². The highest BCUT2D eigenvalue weighted by molar-refractivity contribution is 5.81. The average Bonchev–Trinajstić information content (AvgIpc) is 2.53. The monoisotopic (exact) mass is 298 g/mol. The van der Waals surface area contributed by atoms with Crippen molar-refractivity contribution in [3.8, 4) is 0 Å². The molecule has 3 rings (SSSR count). The van der Waals surface area contributed by atoms with Crippen molar-refractivity contribution in [2.75, 3.05) is 58.9 Å². The molecule has 116 valence electrons. The maximum atomic E-state index is 6.09. The first-order chi connectivity index (χ1) is 10.6. The van der Waals surface area contributed by atoms with Gasteiger partial charge < -0.3 is 32.7 Å². The summed E-state index contributed by atoms with van der Waals surface area (Å²) in [5.41, 5.74) is 28.5. The van der Waals surface area contributed by atoms with Crippen LogP contribution in [0.2, 0.25) is 0 Å². The smallest absolute Gasteiger partial charge is 0.0785 e. The maximum absolute atomic E-state index is 6.09. The third-order valence-electron chi connectivity index (χ3n) is 4.19. The van der Waals surface area contributed by atoms with Gasteiger partial charge in [-0.05, 0) is 24.3 Å². The summed E-state index contributed by atoms with van der Waals surface area (Å²) in [6.45, 7) is 3.45. The number of hydrogen-bond donors (Lipinski definition) is 4. The largest absolute Gasteiger partial charge is 0.397 e. The van der Waals surface area contributed by atoms with Crippen molar-refractivity contribution in [3.63, 3.8) is 0 Å². The molecule has 0 radical (unpaired) electrons. The van der Waals surface area contributed by atoms with E-state index in [1.807, 2.05) is 36.4 Å². The highest BCUT2D eigenvalue weighted by Gasteiger charge is 2.21. The van der Waals surface area contributed by atoms with Gasteiger partial charge in [-0.15, -0.1) is 0 Å². The van der Waals surface area contributed by atoms with Crippen molar-refractivity contribution >= 4 is 34.1 Å². The topological polar surface area (TPSA) is 111 Å². The molecular weight excluding hydrogens is 276 g/mol. The van der Waals surface area contributed by atoms with E-state index >= 15 is 0 Å². The van der Waals surface area contributed by atoms with Crippen molar-refractivity contribution in [2.45, 2.75) is 0 Å². The Balaban J connectivity index is 1.75. The lowest BCUT2D eigenvalue weighted by Gasteiger charge is -2.38. The lowest BCUT2D eigenvalue weighted by Crippen LogP contribution is -2.47. The first kappa shape index (κ1) is 14.2. The molecule has 1 aliphatic rings. The first-order valence-electron chi connectivity index (χ1n) is 7.35. The van der Waals surface area contributed by atoms with E-state index in [9.17, 15) is 0 Å². The van der Waals surface area contributed by atoms with Gasteiger partial charge in [-0.2, -0.15) is 0 Å². The molecule has 1 aliphatic heterocycles. The average molecular weight is 298 g/mol. The zero-order valence-corrected chi connectivity index (χ0v) is 12.5. The van der Waals surface area contributed by atoms with Gasteiger partial charge in [0.25, 0.3) is 0 Å². The maximum Gasteiger partial charge on any atom is 0.0785 e. The van der Waals surface area contributed by atoms with Gasteiger partial charge >= 0.3 is 0 Å². The lowest BCUT2D eigenvalue weighted by atomic mass is 10.1. The molecule has 8 N–H and O–H groups in total. The fourth-order valence-corrected chi connectivity index (χ4v) is 2.88. The van der Waals surface area contributed by atoms with Crippen LogP contribution in [0, 0.1) is 0 Å². The Bertz CT molecular complexity index is 617. The number of hydrogen-bond acceptors (Lipinski definition) is 6. The Labute approximate surface area is 130 Å². The van der Waals surface area contributed by atoms with Crippen LogP contribution in [0.3, 0.4) is 0 Å². The third-order valence-corrected chi connectivity index (χ3v) is 4.19. The highest BCUT2D eigenvalue weighted by Crippen LogP contribution is 2.32. The quantitative estimate of drug-likeness (QED) is 0.623. The summed E-state index contributed by atoms with van der Waals surface area (Å²) in [6, 6.07) is 11.5. The zero-order chi connectivity index (χ0) is 15.7. The predicted molar refractivity (Wildman–Crippen MR) is 95.0 cm³/mol. The van der Waals surface area contributed by atoms with Crippen LogP contribution in [0.4, 0.5) is 34.1 Å². The predicted octanol–water partition coefficient (Wildman–Crippen LogP) is 1.34. The summed E-state index contributed by atoms with van der Waals surface area (Å²) >= 11 is 0. The number of nitrogens with two attached hydrogens (primary N) is 4. The molecule has 1 heterocycles. The molecule has 1 fully saturated rings. The number of nitrogen functional groups attached to an aromatic ring is 4. The Morgan fingerprint density at radius 3 is 1.32 bits per heavy atom. The van der Waals surface area contributed by atoms with Crippen LogP contribution in [0.1, 0.15) is 0 Å². The molecular formula is C16H22N6. The number of para-hydroxylation sites is 2. The molecule has 1 saturated heterocycles. The van der Waals surface area contributed by atoms with Gasteiger partial charge in [0.05, 0.1) is 34.1 Å². The van der Waals surface area contributed by atoms with E-state index in [1.54, 1.807) is 0 Å². The molecule has 0 bridgehead atoms. The molecule has 0 aromatic heterocycles. The highest BCUT2D eigenvalue weighted by atomic mass is 15.3. The number of piperazine rings is 1. The van der Waals surface area contributed by atoms with Gasteiger partial charge in [0.1, 0.15) is 0 Å². The van der Waals surface area contributed by atoms with Gasteiger partial charge in [0.15, 0.2) is 0 Å². The first-order valence-corrected chi connectivity index (χ1v) is 7.35. The summed E-state index contributed by atoms with van der Waals surface area (Å²) in [5.74, 6) is 0. The van der Waals surface area contributed by atoms with E-state index in [2.05, 4.69) is 9.80 Å². The molecule has 0 saturated carbocycles. The molecule has 6 heteroatoms. The summed E-state index contributed by atoms with van der Waals surface area (Å²) in [6.07, 6.45) is 0. The second-order valence-corrected chi connectivity index (χ2v) is 5.53. The summed E-state index contributed by atoms with van der Waals surface area (Å²) < 4.78 is 0. The molecule has 0 atom stereocenters. The molecule has 2 aromatic rings. The summed E-state index contributed by atoms with van der Waals surface area (Å²) in [7, 11) is 0. The van der Waals surface area contributed by atoms with Crippen molar-refractivity contribution in [1.82, 2.24) is 0 Å². The molecule has 0 amide bonds. The fraction of sp³-hybridized carbons (Fsp3) is 0.250. The van der Waals surface area contributed by atoms with E-state index < -0.39 is 0 Å². The molecule has 2 aromatic carbocycles. The Morgan fingerprint density at radius 2 is 0.955 bits per heavy atom. The van der Waals surface area contributed by atoms with Crippen LogP contribution in [0.5, 0.6) is 0 Å². The number of benzene rings is 2.